The zero-order valence-electron chi connectivity index (χ0n) is 17.1. The molecular formula is C21H26Cl2N2O3S. The molecule has 1 amide bonds. The molecule has 158 valence electrons. The van der Waals surface area contributed by atoms with Crippen LogP contribution in [0.2, 0.25) is 10.0 Å². The Balaban J connectivity index is 2.50. The monoisotopic (exact) mass is 456 g/mol. The molecule has 0 saturated carbocycles. The van der Waals surface area contributed by atoms with Gasteiger partial charge in [-0.3, -0.25) is 4.79 Å². The van der Waals surface area contributed by atoms with Crippen molar-refractivity contribution in [1.82, 2.24) is 4.31 Å². The van der Waals surface area contributed by atoms with Gasteiger partial charge in [0.15, 0.2) is 0 Å². The van der Waals surface area contributed by atoms with E-state index >= 15 is 0 Å². The maximum atomic E-state index is 13.0. The van der Waals surface area contributed by atoms with Crippen LogP contribution in [-0.4, -0.2) is 31.7 Å². The predicted octanol–water partition coefficient (Wildman–Crippen LogP) is 5.40. The number of benzene rings is 2. The molecule has 0 atom stereocenters. The summed E-state index contributed by atoms with van der Waals surface area (Å²) >= 11 is 12.5. The molecule has 1 N–H and O–H groups in total. The molecule has 0 unspecified atom stereocenters. The molecule has 0 bridgehead atoms. The van der Waals surface area contributed by atoms with Gasteiger partial charge in [0.1, 0.15) is 0 Å². The van der Waals surface area contributed by atoms with Crippen LogP contribution in [0.3, 0.4) is 0 Å². The highest BCUT2D eigenvalue weighted by atomic mass is 35.5. The van der Waals surface area contributed by atoms with Crippen molar-refractivity contribution < 1.29 is 13.2 Å². The Morgan fingerprint density at radius 3 is 2.14 bits per heavy atom. The third kappa shape index (κ3) is 4.94. The molecule has 8 heteroatoms. The number of anilines is 1. The number of carbonyl (C=O) groups is 1. The summed E-state index contributed by atoms with van der Waals surface area (Å²) in [6.07, 6.45) is 1.36. The molecule has 29 heavy (non-hydrogen) atoms. The van der Waals surface area contributed by atoms with Gasteiger partial charge in [0.2, 0.25) is 10.0 Å². The van der Waals surface area contributed by atoms with Gasteiger partial charge < -0.3 is 5.32 Å². The van der Waals surface area contributed by atoms with Gasteiger partial charge in [-0.05, 0) is 48.2 Å². The summed E-state index contributed by atoms with van der Waals surface area (Å²) in [4.78, 5) is 13.1. The van der Waals surface area contributed by atoms with E-state index in [4.69, 9.17) is 23.2 Å². The highest BCUT2D eigenvalue weighted by Crippen LogP contribution is 2.31. The first kappa shape index (κ1) is 23.7. The van der Waals surface area contributed by atoms with Crippen molar-refractivity contribution in [3.05, 3.63) is 57.1 Å². The number of nitrogens with zero attached hydrogens (tertiary/aromatic N) is 1. The fourth-order valence-electron chi connectivity index (χ4n) is 3.20. The lowest BCUT2D eigenvalue weighted by Crippen LogP contribution is -2.30. The van der Waals surface area contributed by atoms with Crippen LogP contribution in [0.5, 0.6) is 0 Å². The normalized spacial score (nSPS) is 11.7. The quantitative estimate of drug-likeness (QED) is 0.577. The van der Waals surface area contributed by atoms with Gasteiger partial charge in [-0.2, -0.15) is 4.31 Å². The molecule has 2 aromatic carbocycles. The van der Waals surface area contributed by atoms with Crippen LogP contribution in [0.4, 0.5) is 5.69 Å². The number of rotatable bonds is 8. The molecule has 0 aliphatic heterocycles. The van der Waals surface area contributed by atoms with Gasteiger partial charge in [0, 0.05) is 23.8 Å². The van der Waals surface area contributed by atoms with Crippen LogP contribution in [0.1, 0.15) is 49.2 Å². The molecule has 0 radical (unpaired) electrons. The number of sulfonamides is 1. The molecule has 0 saturated heterocycles. The largest absolute Gasteiger partial charge is 0.321 e. The first-order chi connectivity index (χ1) is 13.7. The lowest BCUT2D eigenvalue weighted by molar-refractivity contribution is 0.102. The molecular weight excluding hydrogens is 431 g/mol. The summed E-state index contributed by atoms with van der Waals surface area (Å²) in [5, 5.41) is 3.65. The Labute approximate surface area is 183 Å². The highest BCUT2D eigenvalue weighted by molar-refractivity contribution is 7.89. The SMILES string of the molecule is CCc1ccc(Cl)c(CC)c1NC(=O)c1cc(S(=O)(=O)N(CC)CC)ccc1Cl. The fraction of sp³-hybridized carbons (Fsp3) is 0.381. The van der Waals surface area contributed by atoms with E-state index in [-0.39, 0.29) is 15.5 Å². The predicted molar refractivity (Wildman–Crippen MR) is 120 cm³/mol. The number of nitrogens with one attached hydrogen (secondary N) is 1. The maximum absolute atomic E-state index is 13.0. The third-order valence-electron chi connectivity index (χ3n) is 4.84. The number of carbonyl (C=O) groups excluding carboxylic acids is 1. The maximum Gasteiger partial charge on any atom is 0.257 e. The average molecular weight is 457 g/mol. The van der Waals surface area contributed by atoms with Gasteiger partial charge in [-0.1, -0.05) is 57.0 Å². The average Bonchev–Trinajstić information content (AvgIpc) is 2.69. The zero-order chi connectivity index (χ0) is 21.8. The Bertz CT molecular complexity index is 1000. The van der Waals surface area contributed by atoms with Crippen molar-refractivity contribution in [2.45, 2.75) is 45.4 Å². The van der Waals surface area contributed by atoms with Crippen molar-refractivity contribution in [3.8, 4) is 0 Å². The number of hydrogen-bond donors (Lipinski definition) is 1. The van der Waals surface area contributed by atoms with Gasteiger partial charge in [0.05, 0.1) is 15.5 Å². The third-order valence-corrected chi connectivity index (χ3v) is 7.57. The summed E-state index contributed by atoms with van der Waals surface area (Å²) in [5.74, 6) is -0.474. The van der Waals surface area contributed by atoms with Crippen molar-refractivity contribution in [2.75, 3.05) is 18.4 Å². The van der Waals surface area contributed by atoms with Gasteiger partial charge in [-0.25, -0.2) is 8.42 Å². The second-order valence-corrected chi connectivity index (χ2v) is 9.20. The van der Waals surface area contributed by atoms with E-state index in [2.05, 4.69) is 5.32 Å². The summed E-state index contributed by atoms with van der Waals surface area (Å²) in [5.41, 5.74) is 2.54. The first-order valence-corrected chi connectivity index (χ1v) is 11.8. The molecule has 5 nitrogen and oxygen atoms in total. The summed E-state index contributed by atoms with van der Waals surface area (Å²) in [7, 11) is -3.71. The number of hydrogen-bond acceptors (Lipinski definition) is 3. The second kappa shape index (κ2) is 9.94. The van der Waals surface area contributed by atoms with Crippen LogP contribution in [0, 0.1) is 0 Å². The minimum atomic E-state index is -3.71. The smallest absolute Gasteiger partial charge is 0.257 e. The topological polar surface area (TPSA) is 66.5 Å². The van der Waals surface area contributed by atoms with Crippen LogP contribution in [0.15, 0.2) is 35.2 Å². The fourth-order valence-corrected chi connectivity index (χ4v) is 5.18. The van der Waals surface area contributed by atoms with Crippen LogP contribution in [0.25, 0.3) is 0 Å². The van der Waals surface area contributed by atoms with E-state index < -0.39 is 15.9 Å². The van der Waals surface area contributed by atoms with Crippen molar-refractivity contribution in [3.63, 3.8) is 0 Å². The second-order valence-electron chi connectivity index (χ2n) is 6.45. The molecule has 0 spiro atoms. The number of aryl methyl sites for hydroxylation is 1. The van der Waals surface area contributed by atoms with Gasteiger partial charge in [-0.15, -0.1) is 0 Å². The number of halogens is 2. The molecule has 0 fully saturated rings. The zero-order valence-corrected chi connectivity index (χ0v) is 19.4. The summed E-state index contributed by atoms with van der Waals surface area (Å²) < 4.78 is 27.0. The van der Waals surface area contributed by atoms with Crippen LogP contribution >= 0.6 is 23.2 Å². The minimum Gasteiger partial charge on any atom is -0.321 e. The summed E-state index contributed by atoms with van der Waals surface area (Å²) in [6, 6.07) is 7.87. The molecule has 0 aliphatic carbocycles. The van der Waals surface area contributed by atoms with E-state index in [0.717, 1.165) is 11.1 Å². The standard InChI is InChI=1S/C21H26Cl2N2O3S/c1-5-14-9-11-18(22)16(6-2)20(14)24-21(26)17-13-15(10-12-19(17)23)29(27,28)25(7-3)8-4/h9-13H,5-8H2,1-4H3,(H,24,26). The van der Waals surface area contributed by atoms with Crippen molar-refractivity contribution in [1.29, 1.82) is 0 Å². The lowest BCUT2D eigenvalue weighted by atomic mass is 10.0. The molecule has 2 aromatic rings. The number of amides is 1. The van der Waals surface area contributed by atoms with Crippen LogP contribution in [-0.2, 0) is 22.9 Å². The lowest BCUT2D eigenvalue weighted by Gasteiger charge is -2.19. The molecule has 2 rings (SSSR count). The van der Waals surface area contributed by atoms with Crippen LogP contribution < -0.4 is 5.32 Å². The van der Waals surface area contributed by atoms with E-state index in [1.807, 2.05) is 26.0 Å². The Kier molecular flexibility index (Phi) is 8.11. The molecule has 0 aliphatic rings. The van der Waals surface area contributed by atoms with Gasteiger partial charge >= 0.3 is 0 Å². The van der Waals surface area contributed by atoms with Gasteiger partial charge in [0.25, 0.3) is 5.91 Å². The van der Waals surface area contributed by atoms with Crippen molar-refractivity contribution in [2.24, 2.45) is 0 Å². The van der Waals surface area contributed by atoms with Crippen molar-refractivity contribution >= 4 is 44.8 Å². The van der Waals surface area contributed by atoms with E-state index in [1.54, 1.807) is 13.8 Å². The Hall–Kier alpha value is -1.60. The van der Waals surface area contributed by atoms with E-state index in [9.17, 15) is 13.2 Å². The molecule has 0 heterocycles. The Morgan fingerprint density at radius 2 is 1.59 bits per heavy atom. The molecule has 0 aromatic heterocycles. The Morgan fingerprint density at radius 1 is 0.966 bits per heavy atom. The summed E-state index contributed by atoms with van der Waals surface area (Å²) in [6.45, 7) is 8.16. The highest BCUT2D eigenvalue weighted by Gasteiger charge is 2.24. The van der Waals surface area contributed by atoms with E-state index in [0.29, 0.717) is 36.6 Å². The minimum absolute atomic E-state index is 0.0354. The first-order valence-electron chi connectivity index (χ1n) is 9.62. The van der Waals surface area contributed by atoms with E-state index in [1.165, 1.54) is 22.5 Å².